The molecule has 5 heteroatoms. The van der Waals surface area contributed by atoms with Crippen molar-refractivity contribution in [3.05, 3.63) is 24.3 Å². The quantitative estimate of drug-likeness (QED) is 0.794. The summed E-state index contributed by atoms with van der Waals surface area (Å²) in [6, 6.07) is 7.63. The maximum absolute atomic E-state index is 12.1. The molecule has 1 unspecified atom stereocenters. The highest BCUT2D eigenvalue weighted by molar-refractivity contribution is 5.94. The van der Waals surface area contributed by atoms with Crippen molar-refractivity contribution in [2.45, 2.75) is 26.2 Å². The first-order valence-corrected chi connectivity index (χ1v) is 7.04. The Morgan fingerprint density at radius 3 is 2.95 bits per heavy atom. The molecule has 0 aliphatic carbocycles. The number of hydrogen-bond donors (Lipinski definition) is 2. The number of carbonyl (C=O) groups excluding carboxylic acids is 1. The number of anilines is 1. The standard InChI is InChI=1S/C15H22N2O2.ClH/c1-2-3-10-19-14-7-5-4-6-13(14)17-15(18)12-8-9-16-11-12;/h4-7,12,16H,2-3,8-11H2,1H3,(H,17,18);1H. The van der Waals surface area contributed by atoms with Crippen molar-refractivity contribution in [3.63, 3.8) is 0 Å². The normalized spacial score (nSPS) is 17.4. The molecule has 1 aromatic rings. The van der Waals surface area contributed by atoms with Crippen molar-refractivity contribution < 1.29 is 9.53 Å². The Labute approximate surface area is 126 Å². The van der Waals surface area contributed by atoms with Crippen LogP contribution in [0.3, 0.4) is 0 Å². The Hall–Kier alpha value is -1.26. The molecule has 1 aromatic carbocycles. The molecule has 1 amide bonds. The number of para-hydroxylation sites is 2. The fourth-order valence-corrected chi connectivity index (χ4v) is 2.14. The fraction of sp³-hybridized carbons (Fsp3) is 0.533. The largest absolute Gasteiger partial charge is 0.491 e. The highest BCUT2D eigenvalue weighted by Gasteiger charge is 2.22. The van der Waals surface area contributed by atoms with Crippen molar-refractivity contribution in [1.82, 2.24) is 5.32 Å². The molecule has 1 aliphatic rings. The van der Waals surface area contributed by atoms with Gasteiger partial charge in [0.25, 0.3) is 0 Å². The Bertz CT molecular complexity index is 420. The van der Waals surface area contributed by atoms with Gasteiger partial charge in [-0.15, -0.1) is 12.4 Å². The molecule has 0 bridgehead atoms. The third kappa shape index (κ3) is 4.69. The number of ether oxygens (including phenoxy) is 1. The van der Waals surface area contributed by atoms with Crippen LogP contribution in [0.1, 0.15) is 26.2 Å². The molecule has 2 rings (SSSR count). The number of amides is 1. The van der Waals surface area contributed by atoms with Crippen molar-refractivity contribution in [2.24, 2.45) is 5.92 Å². The van der Waals surface area contributed by atoms with Crippen molar-refractivity contribution in [1.29, 1.82) is 0 Å². The van der Waals surface area contributed by atoms with Gasteiger partial charge in [0.2, 0.25) is 5.91 Å². The Morgan fingerprint density at radius 1 is 1.45 bits per heavy atom. The molecule has 2 N–H and O–H groups in total. The summed E-state index contributed by atoms with van der Waals surface area (Å²) < 4.78 is 5.71. The summed E-state index contributed by atoms with van der Waals surface area (Å²) in [6.45, 7) is 4.51. The lowest BCUT2D eigenvalue weighted by molar-refractivity contribution is -0.119. The second-order valence-electron chi connectivity index (χ2n) is 4.88. The highest BCUT2D eigenvalue weighted by Crippen LogP contribution is 2.25. The van der Waals surface area contributed by atoms with E-state index < -0.39 is 0 Å². The van der Waals surface area contributed by atoms with Gasteiger partial charge in [0.1, 0.15) is 5.75 Å². The molecule has 20 heavy (non-hydrogen) atoms. The van der Waals surface area contributed by atoms with Gasteiger partial charge < -0.3 is 15.4 Å². The molecular weight excluding hydrogens is 276 g/mol. The number of carbonyl (C=O) groups is 1. The molecule has 1 atom stereocenters. The smallest absolute Gasteiger partial charge is 0.228 e. The molecule has 0 saturated carbocycles. The molecule has 0 spiro atoms. The molecule has 1 fully saturated rings. The van der Waals surface area contributed by atoms with Gasteiger partial charge >= 0.3 is 0 Å². The lowest BCUT2D eigenvalue weighted by Crippen LogP contribution is -2.24. The first kappa shape index (κ1) is 16.8. The summed E-state index contributed by atoms with van der Waals surface area (Å²) in [5.74, 6) is 0.912. The van der Waals surface area contributed by atoms with Gasteiger partial charge in [-0.2, -0.15) is 0 Å². The summed E-state index contributed by atoms with van der Waals surface area (Å²) in [5.41, 5.74) is 0.774. The van der Waals surface area contributed by atoms with Gasteiger partial charge in [-0.25, -0.2) is 0 Å². The minimum Gasteiger partial charge on any atom is -0.491 e. The maximum Gasteiger partial charge on any atom is 0.228 e. The minimum atomic E-state index is 0. The number of unbranched alkanes of at least 4 members (excludes halogenated alkanes) is 1. The number of halogens is 1. The van der Waals surface area contributed by atoms with Crippen molar-refractivity contribution in [3.8, 4) is 5.75 Å². The minimum absolute atomic E-state index is 0. The third-order valence-corrected chi connectivity index (χ3v) is 3.33. The van der Waals surface area contributed by atoms with Crippen molar-refractivity contribution >= 4 is 24.0 Å². The van der Waals surface area contributed by atoms with Crippen LogP contribution in [0.4, 0.5) is 5.69 Å². The third-order valence-electron chi connectivity index (χ3n) is 3.33. The molecule has 112 valence electrons. The van der Waals surface area contributed by atoms with E-state index in [4.69, 9.17) is 4.74 Å². The topological polar surface area (TPSA) is 50.4 Å². The van der Waals surface area contributed by atoms with Gasteiger partial charge in [-0.3, -0.25) is 4.79 Å². The number of rotatable bonds is 6. The van der Waals surface area contributed by atoms with E-state index in [2.05, 4.69) is 17.6 Å². The average molecular weight is 299 g/mol. The van der Waals surface area contributed by atoms with E-state index in [1.807, 2.05) is 24.3 Å². The van der Waals surface area contributed by atoms with Gasteiger partial charge in [-0.05, 0) is 31.5 Å². The second-order valence-corrected chi connectivity index (χ2v) is 4.88. The summed E-state index contributed by atoms with van der Waals surface area (Å²) in [4.78, 5) is 12.1. The zero-order valence-corrected chi connectivity index (χ0v) is 12.7. The van der Waals surface area contributed by atoms with E-state index in [-0.39, 0.29) is 24.2 Å². The number of nitrogens with one attached hydrogen (secondary N) is 2. The average Bonchev–Trinajstić information content (AvgIpc) is 2.95. The number of benzene rings is 1. The first-order chi connectivity index (χ1) is 9.31. The van der Waals surface area contributed by atoms with Crippen LogP contribution in [0.5, 0.6) is 5.75 Å². The lowest BCUT2D eigenvalue weighted by Gasteiger charge is -2.14. The number of hydrogen-bond acceptors (Lipinski definition) is 3. The van der Waals surface area contributed by atoms with E-state index in [1.54, 1.807) is 0 Å². The molecule has 1 heterocycles. The summed E-state index contributed by atoms with van der Waals surface area (Å²) in [7, 11) is 0. The van der Waals surface area contributed by atoms with Crippen LogP contribution in [0, 0.1) is 5.92 Å². The molecule has 1 saturated heterocycles. The van der Waals surface area contributed by atoms with Crippen LogP contribution in [-0.2, 0) is 4.79 Å². The van der Waals surface area contributed by atoms with Gasteiger partial charge in [-0.1, -0.05) is 25.5 Å². The van der Waals surface area contributed by atoms with Gasteiger partial charge in [0.15, 0.2) is 0 Å². The fourth-order valence-electron chi connectivity index (χ4n) is 2.14. The van der Waals surface area contributed by atoms with E-state index in [1.165, 1.54) is 0 Å². The molecule has 0 radical (unpaired) electrons. The van der Waals surface area contributed by atoms with E-state index in [9.17, 15) is 4.79 Å². The van der Waals surface area contributed by atoms with Crippen LogP contribution >= 0.6 is 12.4 Å². The van der Waals surface area contributed by atoms with Crippen LogP contribution in [0.25, 0.3) is 0 Å². The zero-order chi connectivity index (χ0) is 13.5. The van der Waals surface area contributed by atoms with Crippen LogP contribution in [0.2, 0.25) is 0 Å². The van der Waals surface area contributed by atoms with Crippen LogP contribution in [-0.4, -0.2) is 25.6 Å². The van der Waals surface area contributed by atoms with E-state index in [0.717, 1.165) is 43.8 Å². The van der Waals surface area contributed by atoms with Crippen LogP contribution in [0.15, 0.2) is 24.3 Å². The molecular formula is C15H23ClN2O2. The Balaban J connectivity index is 0.00000200. The highest BCUT2D eigenvalue weighted by atomic mass is 35.5. The lowest BCUT2D eigenvalue weighted by atomic mass is 10.1. The Kier molecular flexibility index (Phi) is 7.41. The molecule has 0 aromatic heterocycles. The van der Waals surface area contributed by atoms with Crippen molar-refractivity contribution in [2.75, 3.05) is 25.0 Å². The van der Waals surface area contributed by atoms with E-state index in [0.29, 0.717) is 6.61 Å². The second kappa shape index (κ2) is 8.82. The monoisotopic (exact) mass is 298 g/mol. The first-order valence-electron chi connectivity index (χ1n) is 7.04. The predicted molar refractivity (Wildman–Crippen MR) is 83.7 cm³/mol. The van der Waals surface area contributed by atoms with Gasteiger partial charge in [0.05, 0.1) is 18.2 Å². The zero-order valence-electron chi connectivity index (χ0n) is 11.9. The summed E-state index contributed by atoms with van der Waals surface area (Å²) >= 11 is 0. The van der Waals surface area contributed by atoms with Crippen LogP contribution < -0.4 is 15.4 Å². The van der Waals surface area contributed by atoms with Gasteiger partial charge in [0, 0.05) is 6.54 Å². The summed E-state index contributed by atoms with van der Waals surface area (Å²) in [6.07, 6.45) is 3.03. The predicted octanol–water partition coefficient (Wildman–Crippen LogP) is 2.84. The Morgan fingerprint density at radius 2 is 2.25 bits per heavy atom. The van der Waals surface area contributed by atoms with E-state index >= 15 is 0 Å². The SMILES string of the molecule is CCCCOc1ccccc1NC(=O)C1CCNC1.Cl. The molecule has 1 aliphatic heterocycles. The molecule has 4 nitrogen and oxygen atoms in total. The summed E-state index contributed by atoms with van der Waals surface area (Å²) in [5, 5.41) is 6.18. The maximum atomic E-state index is 12.1.